The van der Waals surface area contributed by atoms with Gasteiger partial charge >= 0.3 is 0 Å². The molecule has 0 aliphatic heterocycles. The number of benzene rings is 1. The quantitative estimate of drug-likeness (QED) is 0.828. The van der Waals surface area contributed by atoms with E-state index in [2.05, 4.69) is 17.6 Å². The molecule has 1 saturated carbocycles. The fourth-order valence-electron chi connectivity index (χ4n) is 3.13. The van der Waals surface area contributed by atoms with Crippen molar-refractivity contribution >= 4 is 11.6 Å². The summed E-state index contributed by atoms with van der Waals surface area (Å²) in [4.78, 5) is 12.3. The van der Waals surface area contributed by atoms with Crippen LogP contribution in [0.4, 0.5) is 5.69 Å². The predicted molar refractivity (Wildman–Crippen MR) is 88.7 cm³/mol. The number of hydrogen-bond acceptors (Lipinski definition) is 2. The Morgan fingerprint density at radius 3 is 2.62 bits per heavy atom. The third kappa shape index (κ3) is 4.76. The van der Waals surface area contributed by atoms with Crippen LogP contribution in [-0.4, -0.2) is 19.0 Å². The molecule has 2 N–H and O–H groups in total. The van der Waals surface area contributed by atoms with Crippen LogP contribution in [-0.2, 0) is 0 Å². The van der Waals surface area contributed by atoms with E-state index in [-0.39, 0.29) is 5.91 Å². The fraction of sp³-hybridized carbons (Fsp3) is 0.611. The molecule has 1 amide bonds. The molecule has 1 aliphatic carbocycles. The van der Waals surface area contributed by atoms with Crippen molar-refractivity contribution in [2.24, 2.45) is 11.8 Å². The average molecular weight is 288 g/mol. The minimum atomic E-state index is 0.0377. The van der Waals surface area contributed by atoms with Crippen molar-refractivity contribution in [1.29, 1.82) is 0 Å². The van der Waals surface area contributed by atoms with E-state index in [0.29, 0.717) is 0 Å². The van der Waals surface area contributed by atoms with Gasteiger partial charge in [0.25, 0.3) is 5.91 Å². The molecule has 1 aliphatic rings. The normalized spacial score (nSPS) is 21.8. The fourth-order valence-corrected chi connectivity index (χ4v) is 3.13. The summed E-state index contributed by atoms with van der Waals surface area (Å²) in [6.45, 7) is 6.00. The Bertz CT molecular complexity index is 450. The Hall–Kier alpha value is -1.51. The first-order valence-corrected chi connectivity index (χ1v) is 8.31. The molecule has 3 heteroatoms. The van der Waals surface area contributed by atoms with Gasteiger partial charge < -0.3 is 10.6 Å². The molecule has 3 nitrogen and oxygen atoms in total. The number of anilines is 1. The largest absolute Gasteiger partial charge is 0.385 e. The SMILES string of the molecule is CCNc1ccccc1C(=O)NCCC1CCC(C)CC1. The van der Waals surface area contributed by atoms with Crippen molar-refractivity contribution in [1.82, 2.24) is 5.32 Å². The highest BCUT2D eigenvalue weighted by Gasteiger charge is 2.18. The van der Waals surface area contributed by atoms with Gasteiger partial charge in [-0.3, -0.25) is 4.79 Å². The molecule has 1 aromatic carbocycles. The van der Waals surface area contributed by atoms with E-state index >= 15 is 0 Å². The number of amides is 1. The summed E-state index contributed by atoms with van der Waals surface area (Å²) in [6.07, 6.45) is 6.46. The summed E-state index contributed by atoms with van der Waals surface area (Å²) in [5, 5.41) is 6.32. The molecule has 21 heavy (non-hydrogen) atoms. The van der Waals surface area contributed by atoms with Crippen LogP contribution in [0.2, 0.25) is 0 Å². The predicted octanol–water partition coefficient (Wildman–Crippen LogP) is 4.06. The second-order valence-electron chi connectivity index (χ2n) is 6.25. The number of rotatable bonds is 6. The van der Waals surface area contributed by atoms with Gasteiger partial charge in [0.2, 0.25) is 0 Å². The Morgan fingerprint density at radius 1 is 1.19 bits per heavy atom. The van der Waals surface area contributed by atoms with Gasteiger partial charge in [0.1, 0.15) is 0 Å². The molecule has 0 atom stereocenters. The number of para-hydroxylation sites is 1. The summed E-state index contributed by atoms with van der Waals surface area (Å²) < 4.78 is 0. The van der Waals surface area contributed by atoms with Crippen LogP contribution in [0.3, 0.4) is 0 Å². The zero-order valence-electron chi connectivity index (χ0n) is 13.3. The Kier molecular flexibility index (Phi) is 6.09. The van der Waals surface area contributed by atoms with Crippen LogP contribution in [0, 0.1) is 11.8 Å². The summed E-state index contributed by atoms with van der Waals surface area (Å²) >= 11 is 0. The highest BCUT2D eigenvalue weighted by Crippen LogP contribution is 2.29. The van der Waals surface area contributed by atoms with Gasteiger partial charge in [0.15, 0.2) is 0 Å². The molecule has 1 fully saturated rings. The van der Waals surface area contributed by atoms with Crippen molar-refractivity contribution in [3.05, 3.63) is 29.8 Å². The summed E-state index contributed by atoms with van der Waals surface area (Å²) in [6, 6.07) is 7.72. The maximum Gasteiger partial charge on any atom is 0.253 e. The number of nitrogens with one attached hydrogen (secondary N) is 2. The lowest BCUT2D eigenvalue weighted by Crippen LogP contribution is -2.27. The van der Waals surface area contributed by atoms with Crippen molar-refractivity contribution in [3.8, 4) is 0 Å². The molecule has 0 bridgehead atoms. The first kappa shape index (κ1) is 15.9. The summed E-state index contributed by atoms with van der Waals surface area (Å²) in [7, 11) is 0. The van der Waals surface area contributed by atoms with E-state index in [1.165, 1.54) is 25.7 Å². The second kappa shape index (κ2) is 8.06. The van der Waals surface area contributed by atoms with Gasteiger partial charge in [-0.1, -0.05) is 44.7 Å². The van der Waals surface area contributed by atoms with Crippen molar-refractivity contribution in [2.45, 2.75) is 46.0 Å². The van der Waals surface area contributed by atoms with E-state index in [1.807, 2.05) is 31.2 Å². The lowest BCUT2D eigenvalue weighted by Gasteiger charge is -2.26. The van der Waals surface area contributed by atoms with Crippen LogP contribution < -0.4 is 10.6 Å². The highest BCUT2D eigenvalue weighted by molar-refractivity contribution is 5.99. The molecule has 1 aromatic rings. The standard InChI is InChI=1S/C18H28N2O/c1-3-19-17-7-5-4-6-16(17)18(21)20-13-12-15-10-8-14(2)9-11-15/h4-7,14-15,19H,3,8-13H2,1-2H3,(H,20,21). The summed E-state index contributed by atoms with van der Waals surface area (Å²) in [5.74, 6) is 1.73. The van der Waals surface area contributed by atoms with Crippen LogP contribution in [0.15, 0.2) is 24.3 Å². The molecule has 0 heterocycles. The molecular formula is C18H28N2O. The molecule has 116 valence electrons. The number of carbonyl (C=O) groups is 1. The van der Waals surface area contributed by atoms with E-state index in [9.17, 15) is 4.79 Å². The molecule has 2 rings (SSSR count). The maximum absolute atomic E-state index is 12.3. The second-order valence-corrected chi connectivity index (χ2v) is 6.25. The first-order chi connectivity index (χ1) is 10.2. The number of carbonyl (C=O) groups excluding carboxylic acids is 1. The van der Waals surface area contributed by atoms with Gasteiger partial charge in [0.05, 0.1) is 5.56 Å². The maximum atomic E-state index is 12.3. The minimum Gasteiger partial charge on any atom is -0.385 e. The van der Waals surface area contributed by atoms with Crippen LogP contribution in [0.25, 0.3) is 0 Å². The van der Waals surface area contributed by atoms with Gasteiger partial charge in [-0.2, -0.15) is 0 Å². The Balaban J connectivity index is 1.79. The van der Waals surface area contributed by atoms with Gasteiger partial charge in [-0.25, -0.2) is 0 Å². The highest BCUT2D eigenvalue weighted by atomic mass is 16.1. The topological polar surface area (TPSA) is 41.1 Å². The Morgan fingerprint density at radius 2 is 1.90 bits per heavy atom. The van der Waals surface area contributed by atoms with E-state index < -0.39 is 0 Å². The lowest BCUT2D eigenvalue weighted by atomic mass is 9.81. The molecule has 0 unspecified atom stereocenters. The van der Waals surface area contributed by atoms with Crippen LogP contribution in [0.5, 0.6) is 0 Å². The smallest absolute Gasteiger partial charge is 0.253 e. The van der Waals surface area contributed by atoms with Crippen molar-refractivity contribution in [2.75, 3.05) is 18.4 Å². The van der Waals surface area contributed by atoms with E-state index in [4.69, 9.17) is 0 Å². The van der Waals surface area contributed by atoms with Crippen LogP contribution >= 0.6 is 0 Å². The molecular weight excluding hydrogens is 260 g/mol. The van der Waals surface area contributed by atoms with Crippen molar-refractivity contribution < 1.29 is 4.79 Å². The third-order valence-corrected chi connectivity index (χ3v) is 4.51. The lowest BCUT2D eigenvalue weighted by molar-refractivity contribution is 0.0950. The van der Waals surface area contributed by atoms with Gasteiger partial charge in [-0.05, 0) is 37.3 Å². The zero-order valence-corrected chi connectivity index (χ0v) is 13.3. The third-order valence-electron chi connectivity index (χ3n) is 4.51. The summed E-state index contributed by atoms with van der Waals surface area (Å²) in [5.41, 5.74) is 1.67. The minimum absolute atomic E-state index is 0.0377. The van der Waals surface area contributed by atoms with Crippen LogP contribution in [0.1, 0.15) is 56.3 Å². The molecule has 0 spiro atoms. The van der Waals surface area contributed by atoms with Gasteiger partial charge in [0, 0.05) is 18.8 Å². The van der Waals surface area contributed by atoms with E-state index in [1.54, 1.807) is 0 Å². The average Bonchev–Trinajstić information content (AvgIpc) is 2.50. The van der Waals surface area contributed by atoms with E-state index in [0.717, 1.165) is 42.6 Å². The molecule has 0 radical (unpaired) electrons. The monoisotopic (exact) mass is 288 g/mol. The zero-order chi connectivity index (χ0) is 15.1. The van der Waals surface area contributed by atoms with Gasteiger partial charge in [-0.15, -0.1) is 0 Å². The molecule has 0 saturated heterocycles. The Labute approximate surface area is 128 Å². The first-order valence-electron chi connectivity index (χ1n) is 8.31. The number of hydrogen-bond donors (Lipinski definition) is 2. The van der Waals surface area contributed by atoms with Crippen molar-refractivity contribution in [3.63, 3.8) is 0 Å². The molecule has 0 aromatic heterocycles.